The van der Waals surface area contributed by atoms with Gasteiger partial charge in [0.05, 0.1) is 0 Å². The number of aldehydes is 1. The molecule has 0 saturated carbocycles. The molecule has 62 valence electrons. The Balaban J connectivity index is 4.75. The molecule has 0 aromatic rings. The molecule has 0 rings (SSSR count). The SMILES string of the molecule is CCC(C=O)=C(F)C(Cl)=NC. The first-order chi connectivity index (χ1) is 5.17. The summed E-state index contributed by atoms with van der Waals surface area (Å²) in [5.41, 5.74) is 0.0422. The standard InChI is InChI=1S/C7H9ClFNO/c1-3-5(4-11)6(9)7(8)10-2/h4H,3H2,1-2H3. The van der Waals surface area contributed by atoms with Gasteiger partial charge in [-0.25, -0.2) is 4.39 Å². The number of rotatable bonds is 3. The Labute approximate surface area is 69.8 Å². The average molecular weight is 178 g/mol. The Kier molecular flexibility index (Phi) is 4.70. The predicted molar refractivity (Wildman–Crippen MR) is 43.7 cm³/mol. The predicted octanol–water partition coefficient (Wildman–Crippen LogP) is 2.09. The van der Waals surface area contributed by atoms with Crippen molar-refractivity contribution in [2.24, 2.45) is 4.99 Å². The van der Waals surface area contributed by atoms with Gasteiger partial charge in [-0.15, -0.1) is 0 Å². The van der Waals surface area contributed by atoms with Crippen LogP contribution in [-0.2, 0) is 4.79 Å². The van der Waals surface area contributed by atoms with Crippen LogP contribution in [0.2, 0.25) is 0 Å². The molecule has 0 aromatic heterocycles. The van der Waals surface area contributed by atoms with Crippen LogP contribution in [0, 0.1) is 0 Å². The Hall–Kier alpha value is -0.700. The normalized spacial score (nSPS) is 14.4. The molecule has 0 spiro atoms. The van der Waals surface area contributed by atoms with Gasteiger partial charge >= 0.3 is 0 Å². The number of hydrogen-bond acceptors (Lipinski definition) is 2. The van der Waals surface area contributed by atoms with Crippen LogP contribution in [0.25, 0.3) is 0 Å². The van der Waals surface area contributed by atoms with E-state index in [2.05, 4.69) is 4.99 Å². The van der Waals surface area contributed by atoms with Crippen molar-refractivity contribution in [3.05, 3.63) is 11.4 Å². The minimum Gasteiger partial charge on any atom is -0.298 e. The van der Waals surface area contributed by atoms with Crippen molar-refractivity contribution in [1.82, 2.24) is 0 Å². The van der Waals surface area contributed by atoms with Crippen molar-refractivity contribution >= 4 is 23.1 Å². The van der Waals surface area contributed by atoms with Crippen LogP contribution in [0.15, 0.2) is 16.4 Å². The summed E-state index contributed by atoms with van der Waals surface area (Å²) in [7, 11) is 1.36. The number of aliphatic imine (C=N–C) groups is 1. The van der Waals surface area contributed by atoms with Crippen LogP contribution < -0.4 is 0 Å². The molecule has 0 amide bonds. The number of allylic oxidation sites excluding steroid dienone is 2. The zero-order chi connectivity index (χ0) is 8.85. The molecule has 0 aliphatic heterocycles. The molecular formula is C7H9ClFNO. The minimum absolute atomic E-state index is 0.0422. The van der Waals surface area contributed by atoms with Gasteiger partial charge in [0.15, 0.2) is 11.0 Å². The van der Waals surface area contributed by atoms with E-state index in [0.717, 1.165) is 0 Å². The first kappa shape index (κ1) is 10.3. The lowest BCUT2D eigenvalue weighted by atomic mass is 10.2. The molecule has 0 N–H and O–H groups in total. The summed E-state index contributed by atoms with van der Waals surface area (Å²) < 4.78 is 12.8. The van der Waals surface area contributed by atoms with E-state index in [1.807, 2.05) is 0 Å². The van der Waals surface area contributed by atoms with Gasteiger partial charge in [-0.3, -0.25) is 9.79 Å². The zero-order valence-corrected chi connectivity index (χ0v) is 7.15. The van der Waals surface area contributed by atoms with Gasteiger partial charge < -0.3 is 0 Å². The summed E-state index contributed by atoms with van der Waals surface area (Å²) in [5, 5.41) is -0.256. The first-order valence-corrected chi connectivity index (χ1v) is 3.51. The van der Waals surface area contributed by atoms with Gasteiger partial charge in [0.2, 0.25) is 0 Å². The summed E-state index contributed by atoms with van der Waals surface area (Å²) in [6.45, 7) is 1.67. The smallest absolute Gasteiger partial charge is 0.166 e. The van der Waals surface area contributed by atoms with Crippen molar-refractivity contribution in [3.63, 3.8) is 0 Å². The number of carbonyl (C=O) groups excluding carboxylic acids is 1. The maximum atomic E-state index is 12.8. The van der Waals surface area contributed by atoms with Gasteiger partial charge in [-0.2, -0.15) is 0 Å². The Morgan fingerprint density at radius 2 is 2.27 bits per heavy atom. The molecule has 0 unspecified atom stereocenters. The molecule has 0 aromatic carbocycles. The molecule has 4 heteroatoms. The minimum atomic E-state index is -0.730. The molecule has 2 nitrogen and oxygen atoms in total. The fourth-order valence-corrected chi connectivity index (χ4v) is 0.642. The average Bonchev–Trinajstić information content (AvgIpc) is 2.05. The summed E-state index contributed by atoms with van der Waals surface area (Å²) in [5.74, 6) is -0.730. The molecular weight excluding hydrogens is 169 g/mol. The van der Waals surface area contributed by atoms with Crippen molar-refractivity contribution in [2.45, 2.75) is 13.3 Å². The van der Waals surface area contributed by atoms with Gasteiger partial charge in [0.25, 0.3) is 0 Å². The summed E-state index contributed by atoms with van der Waals surface area (Å²) in [6, 6.07) is 0. The van der Waals surface area contributed by atoms with Crippen LogP contribution >= 0.6 is 11.6 Å². The summed E-state index contributed by atoms with van der Waals surface area (Å²) >= 11 is 5.33. The second-order valence-electron chi connectivity index (χ2n) is 1.83. The van der Waals surface area contributed by atoms with Gasteiger partial charge in [0.1, 0.15) is 6.29 Å². The van der Waals surface area contributed by atoms with Gasteiger partial charge in [0, 0.05) is 12.6 Å². The molecule has 0 atom stereocenters. The third-order valence-electron chi connectivity index (χ3n) is 1.18. The monoisotopic (exact) mass is 177 g/mol. The van der Waals surface area contributed by atoms with E-state index in [1.54, 1.807) is 6.92 Å². The van der Waals surface area contributed by atoms with E-state index in [4.69, 9.17) is 11.6 Å². The van der Waals surface area contributed by atoms with Gasteiger partial charge in [-0.05, 0) is 6.42 Å². The number of halogens is 2. The number of carbonyl (C=O) groups is 1. The van der Waals surface area contributed by atoms with Crippen LogP contribution in [-0.4, -0.2) is 18.5 Å². The Bertz CT molecular complexity index is 210. The van der Waals surface area contributed by atoms with Crippen molar-refractivity contribution in [1.29, 1.82) is 0 Å². The zero-order valence-electron chi connectivity index (χ0n) is 6.40. The molecule has 0 fully saturated rings. The quantitative estimate of drug-likeness (QED) is 0.369. The summed E-state index contributed by atoms with van der Waals surface area (Å²) in [6.07, 6.45) is 0.768. The maximum Gasteiger partial charge on any atom is 0.166 e. The lowest BCUT2D eigenvalue weighted by Gasteiger charge is -1.96. The van der Waals surface area contributed by atoms with Crippen molar-refractivity contribution in [2.75, 3.05) is 7.05 Å². The largest absolute Gasteiger partial charge is 0.298 e. The topological polar surface area (TPSA) is 29.4 Å². The van der Waals surface area contributed by atoms with Crippen molar-refractivity contribution in [3.8, 4) is 0 Å². The number of nitrogens with zero attached hydrogens (tertiary/aromatic N) is 1. The van der Waals surface area contributed by atoms with Crippen LogP contribution in [0.3, 0.4) is 0 Å². The molecule has 0 radical (unpaired) electrons. The maximum absolute atomic E-state index is 12.8. The molecule has 11 heavy (non-hydrogen) atoms. The second-order valence-corrected chi connectivity index (χ2v) is 2.18. The fourth-order valence-electron chi connectivity index (χ4n) is 0.521. The van der Waals surface area contributed by atoms with E-state index < -0.39 is 5.83 Å². The first-order valence-electron chi connectivity index (χ1n) is 3.13. The van der Waals surface area contributed by atoms with Crippen molar-refractivity contribution < 1.29 is 9.18 Å². The molecule has 0 aliphatic rings. The van der Waals surface area contributed by atoms with Crippen LogP contribution in [0.1, 0.15) is 13.3 Å². The molecule has 0 bridgehead atoms. The lowest BCUT2D eigenvalue weighted by Crippen LogP contribution is -1.95. The second kappa shape index (κ2) is 5.02. The van der Waals surface area contributed by atoms with E-state index in [9.17, 15) is 9.18 Å². The lowest BCUT2D eigenvalue weighted by molar-refractivity contribution is -0.105. The highest BCUT2D eigenvalue weighted by Gasteiger charge is 2.07. The fraction of sp³-hybridized carbons (Fsp3) is 0.429. The van der Waals surface area contributed by atoms with E-state index in [0.29, 0.717) is 12.7 Å². The Morgan fingerprint density at radius 3 is 2.55 bits per heavy atom. The highest BCUT2D eigenvalue weighted by atomic mass is 35.5. The highest BCUT2D eigenvalue weighted by Crippen LogP contribution is 2.11. The molecule has 0 saturated heterocycles. The van der Waals surface area contributed by atoms with Crippen LogP contribution in [0.5, 0.6) is 0 Å². The summed E-state index contributed by atoms with van der Waals surface area (Å²) in [4.78, 5) is 13.6. The van der Waals surface area contributed by atoms with Crippen LogP contribution in [0.4, 0.5) is 4.39 Å². The van der Waals surface area contributed by atoms with E-state index >= 15 is 0 Å². The Morgan fingerprint density at radius 1 is 1.73 bits per heavy atom. The highest BCUT2D eigenvalue weighted by molar-refractivity contribution is 6.69. The third-order valence-corrected chi connectivity index (χ3v) is 1.52. The molecule has 0 heterocycles. The van der Waals surface area contributed by atoms with E-state index in [1.165, 1.54) is 7.05 Å². The third kappa shape index (κ3) is 2.80. The van der Waals surface area contributed by atoms with E-state index in [-0.39, 0.29) is 10.7 Å². The number of hydrogen-bond donors (Lipinski definition) is 0. The molecule has 0 aliphatic carbocycles. The van der Waals surface area contributed by atoms with Gasteiger partial charge in [-0.1, -0.05) is 18.5 Å².